The van der Waals surface area contributed by atoms with Crippen molar-refractivity contribution < 1.29 is 22.8 Å². The topological polar surface area (TPSA) is 88.8 Å². The van der Waals surface area contributed by atoms with E-state index in [0.717, 1.165) is 24.7 Å². The van der Waals surface area contributed by atoms with Crippen LogP contribution in [-0.2, 0) is 27.3 Å². The molecule has 2 N–H and O–H groups in total. The number of aryl methyl sites for hydroxylation is 1. The molecule has 0 spiro atoms. The molecule has 0 amide bonds. The Kier molecular flexibility index (Phi) is 5.68. The number of hydrogen-bond donors (Lipinski definition) is 2. The Labute approximate surface area is 113 Å². The van der Waals surface area contributed by atoms with Crippen molar-refractivity contribution >= 4 is 10.1 Å². The highest BCUT2D eigenvalue weighted by molar-refractivity contribution is 7.85. The van der Waals surface area contributed by atoms with E-state index in [1.54, 1.807) is 6.07 Å². The minimum atomic E-state index is -3.36. The number of aromatic hydroxyl groups is 2. The molecule has 0 unspecified atom stereocenters. The molecular weight excluding hydrogens is 270 g/mol. The molecule has 0 aromatic carbocycles. The average molecular weight is 291 g/mol. The van der Waals surface area contributed by atoms with E-state index in [1.807, 2.05) is 6.92 Å². The van der Waals surface area contributed by atoms with E-state index in [4.69, 9.17) is 0 Å². The third-order valence-electron chi connectivity index (χ3n) is 2.83. The number of aromatic nitrogens is 1. The maximum absolute atomic E-state index is 10.7. The summed E-state index contributed by atoms with van der Waals surface area (Å²) in [5, 5.41) is 19.5. The smallest absolute Gasteiger partial charge is 0.264 e. The molecule has 0 aliphatic heterocycles. The van der Waals surface area contributed by atoms with Gasteiger partial charge in [-0.2, -0.15) is 8.42 Å². The predicted molar refractivity (Wildman–Crippen MR) is 71.8 cm³/mol. The monoisotopic (exact) mass is 291 g/mol. The fourth-order valence-electron chi connectivity index (χ4n) is 1.82. The second-order valence-corrected chi connectivity index (χ2v) is 6.09. The average Bonchev–Trinajstić information content (AvgIpc) is 2.58. The minimum absolute atomic E-state index is 0.0572. The summed E-state index contributed by atoms with van der Waals surface area (Å²) in [5.74, 6) is 0.161. The molecule has 1 rings (SSSR count). The summed E-state index contributed by atoms with van der Waals surface area (Å²) in [5.41, 5.74) is 0.720. The maximum Gasteiger partial charge on any atom is 0.264 e. The highest BCUT2D eigenvalue weighted by Crippen LogP contribution is 2.28. The lowest BCUT2D eigenvalue weighted by atomic mass is 10.2. The van der Waals surface area contributed by atoms with Gasteiger partial charge in [-0.05, 0) is 25.7 Å². The number of rotatable bonds is 8. The third kappa shape index (κ3) is 5.12. The Morgan fingerprint density at radius 1 is 1.26 bits per heavy atom. The summed E-state index contributed by atoms with van der Waals surface area (Å²) in [6.45, 7) is 2.57. The lowest BCUT2D eigenvalue weighted by Gasteiger charge is -2.07. The summed E-state index contributed by atoms with van der Waals surface area (Å²) in [7, 11) is -3.36. The van der Waals surface area contributed by atoms with Crippen LogP contribution in [0.4, 0.5) is 0 Å². The van der Waals surface area contributed by atoms with E-state index in [1.165, 1.54) is 4.57 Å². The first kappa shape index (κ1) is 15.8. The molecule has 0 bridgehead atoms. The molecule has 7 heteroatoms. The molecule has 0 aliphatic rings. The Morgan fingerprint density at radius 2 is 1.95 bits per heavy atom. The van der Waals surface area contributed by atoms with Crippen molar-refractivity contribution in [3.8, 4) is 11.8 Å². The van der Waals surface area contributed by atoms with E-state index in [9.17, 15) is 18.6 Å². The lowest BCUT2D eigenvalue weighted by Crippen LogP contribution is -2.04. The predicted octanol–water partition coefficient (Wildman–Crippen LogP) is 1.61. The van der Waals surface area contributed by atoms with Gasteiger partial charge in [0, 0.05) is 18.2 Å². The zero-order chi connectivity index (χ0) is 14.5. The standard InChI is InChI=1S/C12H21NO5S/c1-3-10-9-11(14)13(12(10)15)7-5-4-6-8-18-19(2,16)17/h9,14-15H,3-8H2,1-2H3. The Balaban J connectivity index is 2.32. The number of unbranched alkanes of at least 4 members (excludes halogenated alkanes) is 2. The van der Waals surface area contributed by atoms with Gasteiger partial charge in [0.05, 0.1) is 12.9 Å². The van der Waals surface area contributed by atoms with Crippen molar-refractivity contribution in [3.05, 3.63) is 11.6 Å². The first-order valence-corrected chi connectivity index (χ1v) is 8.11. The molecular formula is C12H21NO5S. The highest BCUT2D eigenvalue weighted by atomic mass is 32.2. The summed E-state index contributed by atoms with van der Waals surface area (Å²) in [6, 6.07) is 1.56. The van der Waals surface area contributed by atoms with Crippen LogP contribution in [0.2, 0.25) is 0 Å². The van der Waals surface area contributed by atoms with Crippen LogP contribution in [0, 0.1) is 0 Å². The minimum Gasteiger partial charge on any atom is -0.494 e. The van der Waals surface area contributed by atoms with Crippen molar-refractivity contribution in [3.63, 3.8) is 0 Å². The van der Waals surface area contributed by atoms with Gasteiger partial charge in [0.15, 0.2) is 11.8 Å². The van der Waals surface area contributed by atoms with E-state index >= 15 is 0 Å². The molecule has 1 heterocycles. The zero-order valence-corrected chi connectivity index (χ0v) is 12.1. The molecule has 0 aliphatic carbocycles. The fourth-order valence-corrected chi connectivity index (χ4v) is 2.24. The summed E-state index contributed by atoms with van der Waals surface area (Å²) in [6.07, 6.45) is 3.79. The molecule has 6 nitrogen and oxygen atoms in total. The molecule has 0 atom stereocenters. The van der Waals surface area contributed by atoms with E-state index in [2.05, 4.69) is 4.18 Å². The lowest BCUT2D eigenvalue weighted by molar-refractivity contribution is 0.306. The van der Waals surface area contributed by atoms with Gasteiger partial charge in [-0.25, -0.2) is 0 Å². The number of nitrogens with zero attached hydrogens (tertiary/aromatic N) is 1. The Hall–Kier alpha value is -1.21. The van der Waals surface area contributed by atoms with Gasteiger partial charge in [-0.15, -0.1) is 0 Å². The quantitative estimate of drug-likeness (QED) is 0.561. The highest BCUT2D eigenvalue weighted by Gasteiger charge is 2.11. The fraction of sp³-hybridized carbons (Fsp3) is 0.667. The Bertz CT molecular complexity index is 506. The van der Waals surface area contributed by atoms with Crippen molar-refractivity contribution in [2.24, 2.45) is 0 Å². The summed E-state index contributed by atoms with van der Waals surface area (Å²) >= 11 is 0. The van der Waals surface area contributed by atoms with E-state index in [0.29, 0.717) is 19.4 Å². The van der Waals surface area contributed by atoms with Crippen LogP contribution < -0.4 is 0 Å². The number of hydrogen-bond acceptors (Lipinski definition) is 5. The molecule has 110 valence electrons. The SMILES string of the molecule is CCc1cc(O)n(CCCCCOS(C)(=O)=O)c1O. The van der Waals surface area contributed by atoms with Crippen molar-refractivity contribution in [2.75, 3.05) is 12.9 Å². The second kappa shape index (κ2) is 6.81. The van der Waals surface area contributed by atoms with Crippen LogP contribution in [0.1, 0.15) is 31.7 Å². The molecule has 1 aromatic rings. The van der Waals surface area contributed by atoms with Gasteiger partial charge in [-0.1, -0.05) is 6.92 Å². The molecule has 0 saturated heterocycles. The van der Waals surface area contributed by atoms with Gasteiger partial charge in [0.1, 0.15) is 0 Å². The van der Waals surface area contributed by atoms with Crippen LogP contribution in [0.3, 0.4) is 0 Å². The molecule has 1 aromatic heterocycles. The first-order chi connectivity index (χ1) is 8.85. The van der Waals surface area contributed by atoms with Crippen molar-refractivity contribution in [1.29, 1.82) is 0 Å². The van der Waals surface area contributed by atoms with Crippen LogP contribution in [0.25, 0.3) is 0 Å². The van der Waals surface area contributed by atoms with Gasteiger partial charge >= 0.3 is 0 Å². The molecule has 0 radical (unpaired) electrons. The van der Waals surface area contributed by atoms with E-state index < -0.39 is 10.1 Å². The van der Waals surface area contributed by atoms with Crippen LogP contribution in [0.15, 0.2) is 6.07 Å². The molecule has 0 saturated carbocycles. The second-order valence-electron chi connectivity index (χ2n) is 4.44. The van der Waals surface area contributed by atoms with Gasteiger partial charge < -0.3 is 10.2 Å². The summed E-state index contributed by atoms with van der Waals surface area (Å²) in [4.78, 5) is 0. The molecule has 0 fully saturated rings. The van der Waals surface area contributed by atoms with Crippen LogP contribution in [-0.4, -0.2) is 36.1 Å². The summed E-state index contributed by atoms with van der Waals surface area (Å²) < 4.78 is 27.5. The van der Waals surface area contributed by atoms with E-state index in [-0.39, 0.29) is 18.4 Å². The largest absolute Gasteiger partial charge is 0.494 e. The van der Waals surface area contributed by atoms with Gasteiger partial charge in [-0.3, -0.25) is 8.75 Å². The van der Waals surface area contributed by atoms with Crippen LogP contribution in [0.5, 0.6) is 11.8 Å². The normalized spacial score (nSPS) is 11.9. The maximum atomic E-state index is 10.7. The first-order valence-electron chi connectivity index (χ1n) is 6.30. The van der Waals surface area contributed by atoms with Crippen LogP contribution >= 0.6 is 0 Å². The van der Waals surface area contributed by atoms with Crippen molar-refractivity contribution in [2.45, 2.75) is 39.2 Å². The van der Waals surface area contributed by atoms with Gasteiger partial charge in [0.2, 0.25) is 0 Å². The Morgan fingerprint density at radius 3 is 2.47 bits per heavy atom. The zero-order valence-electron chi connectivity index (χ0n) is 11.3. The van der Waals surface area contributed by atoms with Crippen molar-refractivity contribution in [1.82, 2.24) is 4.57 Å². The molecule has 19 heavy (non-hydrogen) atoms. The third-order valence-corrected chi connectivity index (χ3v) is 3.42. The van der Waals surface area contributed by atoms with Gasteiger partial charge in [0.25, 0.3) is 10.1 Å².